The van der Waals surface area contributed by atoms with E-state index in [0.29, 0.717) is 0 Å². The highest BCUT2D eigenvalue weighted by Crippen LogP contribution is 2.28. The molecule has 29 heavy (non-hydrogen) atoms. The molecule has 3 aromatic carbocycles. The molecule has 0 saturated carbocycles. The number of anilines is 2. The van der Waals surface area contributed by atoms with E-state index in [1.54, 1.807) is 5.19 Å². The van der Waals surface area contributed by atoms with Crippen LogP contribution in [0.4, 0.5) is 11.4 Å². The maximum Gasteiger partial charge on any atom is 0.0873 e. The predicted octanol–water partition coefficient (Wildman–Crippen LogP) is 5.79. The van der Waals surface area contributed by atoms with Crippen LogP contribution >= 0.6 is 0 Å². The van der Waals surface area contributed by atoms with Crippen molar-refractivity contribution in [1.82, 2.24) is 0 Å². The zero-order valence-corrected chi connectivity index (χ0v) is 18.6. The Balaban J connectivity index is 1.85. The van der Waals surface area contributed by atoms with Crippen molar-refractivity contribution in [3.63, 3.8) is 0 Å². The van der Waals surface area contributed by atoms with Gasteiger partial charge >= 0.3 is 0 Å². The Morgan fingerprint density at radius 2 is 1.10 bits per heavy atom. The average Bonchev–Trinajstić information content (AvgIpc) is 2.76. The van der Waals surface area contributed by atoms with Crippen LogP contribution in [0.2, 0.25) is 18.1 Å². The average molecular weight is 403 g/mol. The van der Waals surface area contributed by atoms with Gasteiger partial charge in [-0.15, -0.1) is 0 Å². The quantitative estimate of drug-likeness (QED) is 0.333. The van der Waals surface area contributed by atoms with E-state index in [1.807, 2.05) is 24.3 Å². The minimum Gasteiger partial charge on any atom is -0.399 e. The second-order valence-corrected chi connectivity index (χ2v) is 12.9. The lowest BCUT2D eigenvalue weighted by atomic mass is 10.1. The molecule has 0 atom stereocenters. The van der Waals surface area contributed by atoms with Crippen molar-refractivity contribution in [2.75, 3.05) is 11.5 Å². The molecule has 0 radical (unpaired) electrons. The van der Waals surface area contributed by atoms with Gasteiger partial charge in [-0.2, -0.15) is 0 Å². The standard InChI is InChI=1S/C26H34N2Si/c1-2-3-19-29(26-7-5-4-6-8-26,20-17-22-9-13-24(27)14-10-22)21-18-23-11-15-25(28)16-12-23/h4-16H,2-3,17-21,27-28H2,1H3. The molecule has 0 amide bonds. The first-order valence-electron chi connectivity index (χ1n) is 10.9. The first-order chi connectivity index (χ1) is 14.1. The van der Waals surface area contributed by atoms with Crippen LogP contribution in [0.15, 0.2) is 78.9 Å². The molecule has 0 saturated heterocycles. The van der Waals surface area contributed by atoms with E-state index < -0.39 is 8.07 Å². The highest BCUT2D eigenvalue weighted by Gasteiger charge is 2.33. The maximum atomic E-state index is 5.89. The summed E-state index contributed by atoms with van der Waals surface area (Å²) >= 11 is 0. The van der Waals surface area contributed by atoms with Crippen molar-refractivity contribution in [2.45, 2.75) is 50.7 Å². The maximum absolute atomic E-state index is 5.89. The van der Waals surface area contributed by atoms with Gasteiger partial charge in [0.05, 0.1) is 8.07 Å². The van der Waals surface area contributed by atoms with Gasteiger partial charge in [0.25, 0.3) is 0 Å². The van der Waals surface area contributed by atoms with Crippen LogP contribution < -0.4 is 16.7 Å². The van der Waals surface area contributed by atoms with Crippen molar-refractivity contribution in [3.8, 4) is 0 Å². The van der Waals surface area contributed by atoms with Crippen LogP contribution in [0, 0.1) is 0 Å². The first-order valence-corrected chi connectivity index (χ1v) is 13.5. The molecule has 0 aliphatic heterocycles. The zero-order valence-electron chi connectivity index (χ0n) is 17.6. The largest absolute Gasteiger partial charge is 0.399 e. The molecular weight excluding hydrogens is 368 g/mol. The predicted molar refractivity (Wildman–Crippen MR) is 130 cm³/mol. The van der Waals surface area contributed by atoms with Crippen molar-refractivity contribution in [3.05, 3.63) is 90.0 Å². The SMILES string of the molecule is CCCC[Si](CCc1ccc(N)cc1)(CCc1ccc(N)cc1)c1ccccc1. The van der Waals surface area contributed by atoms with E-state index in [1.165, 1.54) is 42.1 Å². The first kappa shape index (κ1) is 21.2. The zero-order chi connectivity index (χ0) is 20.5. The molecule has 0 heterocycles. The van der Waals surface area contributed by atoms with Gasteiger partial charge in [-0.05, 0) is 60.3 Å². The minimum absolute atomic E-state index is 0.842. The molecule has 0 bridgehead atoms. The third-order valence-electron chi connectivity index (χ3n) is 6.14. The Morgan fingerprint density at radius 3 is 1.55 bits per heavy atom. The van der Waals surface area contributed by atoms with Crippen molar-refractivity contribution < 1.29 is 0 Å². The minimum atomic E-state index is -1.65. The van der Waals surface area contributed by atoms with Gasteiger partial charge in [-0.1, -0.05) is 85.6 Å². The highest BCUT2D eigenvalue weighted by molar-refractivity contribution is 6.91. The van der Waals surface area contributed by atoms with E-state index in [-0.39, 0.29) is 0 Å². The molecule has 0 aromatic heterocycles. The number of hydrogen-bond donors (Lipinski definition) is 2. The van der Waals surface area contributed by atoms with Crippen molar-refractivity contribution in [2.24, 2.45) is 0 Å². The van der Waals surface area contributed by atoms with E-state index in [4.69, 9.17) is 11.5 Å². The summed E-state index contributed by atoms with van der Waals surface area (Å²) < 4.78 is 0. The number of hydrogen-bond acceptors (Lipinski definition) is 2. The van der Waals surface area contributed by atoms with Crippen LogP contribution in [-0.4, -0.2) is 8.07 Å². The number of rotatable bonds is 10. The lowest BCUT2D eigenvalue weighted by Crippen LogP contribution is -2.48. The number of nitrogen functional groups attached to an aromatic ring is 2. The summed E-state index contributed by atoms with van der Waals surface area (Å²) in [5.41, 5.74) is 16.3. The lowest BCUT2D eigenvalue weighted by molar-refractivity contribution is 0.852. The Morgan fingerprint density at radius 1 is 0.621 bits per heavy atom. The van der Waals surface area contributed by atoms with Crippen LogP contribution in [0.1, 0.15) is 30.9 Å². The number of unbranched alkanes of at least 4 members (excludes halogenated alkanes) is 1. The summed E-state index contributed by atoms with van der Waals surface area (Å²) in [5, 5.41) is 1.61. The molecule has 0 fully saturated rings. The molecule has 0 spiro atoms. The molecule has 152 valence electrons. The molecule has 2 nitrogen and oxygen atoms in total. The second kappa shape index (κ2) is 10.3. The van der Waals surface area contributed by atoms with Crippen LogP contribution in [0.25, 0.3) is 0 Å². The van der Waals surface area contributed by atoms with Gasteiger partial charge < -0.3 is 11.5 Å². The molecule has 0 aliphatic carbocycles. The second-order valence-electron chi connectivity index (χ2n) is 8.23. The van der Waals surface area contributed by atoms with E-state index in [2.05, 4.69) is 61.5 Å². The Labute approximate surface area is 177 Å². The fourth-order valence-electron chi connectivity index (χ4n) is 4.25. The third kappa shape index (κ3) is 5.98. The highest BCUT2D eigenvalue weighted by atomic mass is 28.3. The smallest absolute Gasteiger partial charge is 0.0873 e. The molecule has 0 aliphatic rings. The summed E-state index contributed by atoms with van der Waals surface area (Å²) in [6.45, 7) is 2.31. The van der Waals surface area contributed by atoms with Crippen molar-refractivity contribution in [1.29, 1.82) is 0 Å². The van der Waals surface area contributed by atoms with Gasteiger partial charge in [-0.3, -0.25) is 0 Å². The van der Waals surface area contributed by atoms with Gasteiger partial charge in [0.2, 0.25) is 0 Å². The normalized spacial score (nSPS) is 11.5. The van der Waals surface area contributed by atoms with Gasteiger partial charge in [0.1, 0.15) is 0 Å². The molecule has 3 aromatic rings. The van der Waals surface area contributed by atoms with Crippen LogP contribution in [0.3, 0.4) is 0 Å². The summed E-state index contributed by atoms with van der Waals surface area (Å²) in [6.07, 6.45) is 4.83. The molecule has 3 heteroatoms. The van der Waals surface area contributed by atoms with Gasteiger partial charge in [0, 0.05) is 11.4 Å². The topological polar surface area (TPSA) is 52.0 Å². The molecule has 3 rings (SSSR count). The summed E-state index contributed by atoms with van der Waals surface area (Å²) in [5.74, 6) is 0. The number of benzene rings is 3. The van der Waals surface area contributed by atoms with Gasteiger partial charge in [-0.25, -0.2) is 0 Å². The lowest BCUT2D eigenvalue weighted by Gasteiger charge is -2.33. The van der Waals surface area contributed by atoms with E-state index in [0.717, 1.165) is 24.2 Å². The fraction of sp³-hybridized carbons (Fsp3) is 0.308. The Bertz CT molecular complexity index is 808. The number of nitrogens with two attached hydrogens (primary N) is 2. The van der Waals surface area contributed by atoms with E-state index in [9.17, 15) is 0 Å². The summed E-state index contributed by atoms with van der Waals surface area (Å²) in [4.78, 5) is 0. The third-order valence-corrected chi connectivity index (χ3v) is 11.4. The van der Waals surface area contributed by atoms with Crippen molar-refractivity contribution >= 4 is 24.6 Å². The summed E-state index contributed by atoms with van der Waals surface area (Å²) in [7, 11) is -1.65. The molecular formula is C26H34N2Si. The molecule has 0 unspecified atom stereocenters. The molecule has 4 N–H and O–H groups in total. The van der Waals surface area contributed by atoms with E-state index >= 15 is 0 Å². The van der Waals surface area contributed by atoms with Crippen LogP contribution in [-0.2, 0) is 12.8 Å². The van der Waals surface area contributed by atoms with Gasteiger partial charge in [0.15, 0.2) is 0 Å². The monoisotopic (exact) mass is 402 g/mol. The number of aryl methyl sites for hydroxylation is 2. The Kier molecular flexibility index (Phi) is 7.53. The van der Waals surface area contributed by atoms with Crippen LogP contribution in [0.5, 0.6) is 0 Å². The summed E-state index contributed by atoms with van der Waals surface area (Å²) in [6, 6.07) is 32.2. The fourth-order valence-corrected chi connectivity index (χ4v) is 9.33. The Hall–Kier alpha value is -2.52.